The minimum atomic E-state index is -1.07. The van der Waals surface area contributed by atoms with E-state index >= 15 is 0 Å². The number of nitrogens with zero attached hydrogens (tertiary/aromatic N) is 3. The van der Waals surface area contributed by atoms with Crippen LogP contribution < -0.4 is 20.9 Å². The van der Waals surface area contributed by atoms with Crippen molar-refractivity contribution in [3.8, 4) is 0 Å². The Kier molecular flexibility index (Phi) is 9.47. The van der Waals surface area contributed by atoms with E-state index in [0.29, 0.717) is 55.4 Å². The van der Waals surface area contributed by atoms with Gasteiger partial charge >= 0.3 is 12.0 Å². The molecule has 2 aliphatic rings. The summed E-state index contributed by atoms with van der Waals surface area (Å²) in [4.78, 5) is 58.6. The van der Waals surface area contributed by atoms with E-state index in [1.165, 1.54) is 6.20 Å². The molecule has 4 N–H and O–H groups in total. The monoisotopic (exact) mass is 586 g/mol. The second-order valence-electron chi connectivity index (χ2n) is 10.4. The summed E-state index contributed by atoms with van der Waals surface area (Å²) in [7, 11) is 0. The highest BCUT2D eigenvalue weighted by Gasteiger charge is 2.31. The minimum Gasteiger partial charge on any atom is -0.481 e. The number of ether oxygens (including phenoxy) is 1. The first kappa shape index (κ1) is 29.5. The fraction of sp³-hybridized carbons (Fsp3) is 0.323. The number of carboxylic acids is 1. The zero-order valence-electron chi connectivity index (χ0n) is 23.6. The number of aromatic nitrogens is 1. The number of anilines is 3. The zero-order valence-corrected chi connectivity index (χ0v) is 23.6. The van der Waals surface area contributed by atoms with E-state index in [4.69, 9.17) is 4.74 Å². The largest absolute Gasteiger partial charge is 0.481 e. The van der Waals surface area contributed by atoms with E-state index < -0.39 is 23.9 Å². The van der Waals surface area contributed by atoms with Gasteiger partial charge in [-0.15, -0.1) is 0 Å². The van der Waals surface area contributed by atoms with E-state index in [1.807, 2.05) is 11.0 Å². The SMILES string of the molecule is O=C(O)CC(NC(=O)c1ccc(N2CCN(C(=O)C3CCCO3)CC2)c(NC(=O)Nc2ccccc2)c1)c1cccnc1. The Labute approximate surface area is 249 Å². The Morgan fingerprint density at radius 1 is 0.977 bits per heavy atom. The van der Waals surface area contributed by atoms with Crippen LogP contribution in [-0.2, 0) is 14.3 Å². The number of aliphatic carboxylic acids is 1. The van der Waals surface area contributed by atoms with Crippen LogP contribution in [0.2, 0.25) is 0 Å². The molecule has 5 rings (SSSR count). The first-order valence-electron chi connectivity index (χ1n) is 14.2. The standard InChI is InChI=1S/C31H34N6O6/c38-28(39)19-24(22-6-4-12-32-20-22)34-29(40)21-10-11-26(25(18-21)35-31(42)33-23-7-2-1-3-8-23)36-13-15-37(16-14-36)30(41)27-9-5-17-43-27/h1-4,6-8,10-12,18,20,24,27H,5,9,13-17,19H2,(H,34,40)(H,38,39)(H2,33,35,42). The molecule has 2 aliphatic heterocycles. The molecule has 3 aromatic rings. The van der Waals surface area contributed by atoms with Crippen molar-refractivity contribution in [3.05, 3.63) is 84.2 Å². The average Bonchev–Trinajstić information content (AvgIpc) is 3.56. The number of amides is 4. The maximum Gasteiger partial charge on any atom is 0.323 e. The molecule has 4 amide bonds. The number of nitrogens with one attached hydrogen (secondary N) is 3. The van der Waals surface area contributed by atoms with Crippen LogP contribution >= 0.6 is 0 Å². The van der Waals surface area contributed by atoms with Gasteiger partial charge < -0.3 is 35.6 Å². The fourth-order valence-corrected chi connectivity index (χ4v) is 5.25. The fourth-order valence-electron chi connectivity index (χ4n) is 5.25. The van der Waals surface area contributed by atoms with Crippen LogP contribution in [0.5, 0.6) is 0 Å². The molecular formula is C31H34N6O6. The second-order valence-corrected chi connectivity index (χ2v) is 10.4. The third kappa shape index (κ3) is 7.66. The molecule has 0 bridgehead atoms. The molecule has 1 aromatic heterocycles. The Hall–Kier alpha value is -4.97. The normalized spacial score (nSPS) is 17.2. The summed E-state index contributed by atoms with van der Waals surface area (Å²) in [5.74, 6) is -1.56. The van der Waals surface area contributed by atoms with Gasteiger partial charge in [0.05, 0.1) is 23.8 Å². The third-order valence-electron chi connectivity index (χ3n) is 7.45. The van der Waals surface area contributed by atoms with Crippen LogP contribution in [0.1, 0.15) is 41.2 Å². The number of hydrogen-bond donors (Lipinski definition) is 4. The van der Waals surface area contributed by atoms with E-state index in [-0.39, 0.29) is 24.0 Å². The number of urea groups is 1. The lowest BCUT2D eigenvalue weighted by Crippen LogP contribution is -2.51. The molecule has 0 saturated carbocycles. The molecule has 12 heteroatoms. The topological polar surface area (TPSA) is 153 Å². The van der Waals surface area contributed by atoms with Crippen LogP contribution in [0.3, 0.4) is 0 Å². The van der Waals surface area contributed by atoms with Gasteiger partial charge in [-0.3, -0.25) is 19.4 Å². The molecule has 2 aromatic carbocycles. The smallest absolute Gasteiger partial charge is 0.323 e. The van der Waals surface area contributed by atoms with Crippen molar-refractivity contribution in [2.45, 2.75) is 31.4 Å². The Morgan fingerprint density at radius 2 is 1.77 bits per heavy atom. The lowest BCUT2D eigenvalue weighted by atomic mass is 10.0. The number of carboxylic acid groups (broad SMARTS) is 1. The van der Waals surface area contributed by atoms with Gasteiger partial charge in [0.1, 0.15) is 6.10 Å². The Bertz CT molecular complexity index is 1440. The van der Waals surface area contributed by atoms with Gasteiger partial charge in [0.2, 0.25) is 0 Å². The first-order chi connectivity index (χ1) is 20.9. The Morgan fingerprint density at radius 3 is 2.44 bits per heavy atom. The van der Waals surface area contributed by atoms with Gasteiger partial charge in [-0.25, -0.2) is 4.79 Å². The summed E-state index contributed by atoms with van der Waals surface area (Å²) >= 11 is 0. The van der Waals surface area contributed by atoms with Gasteiger partial charge in [-0.2, -0.15) is 0 Å². The minimum absolute atomic E-state index is 0.00860. The molecule has 2 atom stereocenters. The number of rotatable bonds is 9. The first-order valence-corrected chi connectivity index (χ1v) is 14.2. The van der Waals surface area contributed by atoms with Crippen molar-refractivity contribution in [1.82, 2.24) is 15.2 Å². The lowest BCUT2D eigenvalue weighted by molar-refractivity contribution is -0.141. The van der Waals surface area contributed by atoms with Gasteiger partial charge in [-0.05, 0) is 54.8 Å². The maximum absolute atomic E-state index is 13.3. The molecule has 0 aliphatic carbocycles. The quantitative estimate of drug-likeness (QED) is 0.297. The van der Waals surface area contributed by atoms with Crippen molar-refractivity contribution in [1.29, 1.82) is 0 Å². The highest BCUT2D eigenvalue weighted by Crippen LogP contribution is 2.30. The molecule has 0 radical (unpaired) electrons. The van der Waals surface area contributed by atoms with Crippen molar-refractivity contribution >= 4 is 40.9 Å². The lowest BCUT2D eigenvalue weighted by Gasteiger charge is -2.37. The number of hydrogen-bond acceptors (Lipinski definition) is 7. The number of piperazine rings is 1. The molecule has 2 unspecified atom stereocenters. The van der Waals surface area contributed by atoms with Crippen molar-refractivity contribution in [3.63, 3.8) is 0 Å². The summed E-state index contributed by atoms with van der Waals surface area (Å²) in [6.45, 7) is 2.66. The van der Waals surface area contributed by atoms with Crippen LogP contribution in [0.4, 0.5) is 21.9 Å². The predicted octanol–water partition coefficient (Wildman–Crippen LogP) is 3.50. The van der Waals surface area contributed by atoms with Gasteiger partial charge in [-0.1, -0.05) is 24.3 Å². The Balaban J connectivity index is 1.35. The van der Waals surface area contributed by atoms with Crippen molar-refractivity contribution < 1.29 is 29.0 Å². The number of para-hydroxylation sites is 1. The third-order valence-corrected chi connectivity index (χ3v) is 7.45. The molecule has 2 saturated heterocycles. The summed E-state index contributed by atoms with van der Waals surface area (Å²) in [6.07, 6.45) is 4.01. The van der Waals surface area contributed by atoms with Crippen LogP contribution in [0.25, 0.3) is 0 Å². The van der Waals surface area contributed by atoms with Gasteiger partial charge in [0.15, 0.2) is 0 Å². The van der Waals surface area contributed by atoms with Gasteiger partial charge in [0.25, 0.3) is 11.8 Å². The molecular weight excluding hydrogens is 552 g/mol. The molecule has 12 nitrogen and oxygen atoms in total. The number of pyridine rings is 1. The van der Waals surface area contributed by atoms with E-state index in [9.17, 15) is 24.3 Å². The van der Waals surface area contributed by atoms with Crippen molar-refractivity contribution in [2.75, 3.05) is 48.3 Å². The summed E-state index contributed by atoms with van der Waals surface area (Å²) in [5.41, 5.74) is 2.50. The van der Waals surface area contributed by atoms with Crippen LogP contribution in [0.15, 0.2) is 73.1 Å². The van der Waals surface area contributed by atoms with Gasteiger partial charge in [0, 0.05) is 56.4 Å². The molecule has 0 spiro atoms. The summed E-state index contributed by atoms with van der Waals surface area (Å²) in [6, 6.07) is 16.0. The zero-order chi connectivity index (χ0) is 30.2. The number of carbonyl (C=O) groups is 4. The van der Waals surface area contributed by atoms with E-state index in [0.717, 1.165) is 12.8 Å². The van der Waals surface area contributed by atoms with E-state index in [2.05, 4.69) is 25.8 Å². The van der Waals surface area contributed by atoms with Crippen LogP contribution in [-0.4, -0.2) is 77.7 Å². The van der Waals surface area contributed by atoms with Crippen LogP contribution in [0, 0.1) is 0 Å². The molecule has 2 fully saturated rings. The number of carbonyl (C=O) groups excluding carboxylic acids is 3. The second kappa shape index (κ2) is 13.8. The summed E-state index contributed by atoms with van der Waals surface area (Å²) < 4.78 is 5.57. The maximum atomic E-state index is 13.3. The summed E-state index contributed by atoms with van der Waals surface area (Å²) in [5, 5.41) is 17.9. The molecule has 3 heterocycles. The average molecular weight is 587 g/mol. The molecule has 224 valence electrons. The predicted molar refractivity (Wildman–Crippen MR) is 160 cm³/mol. The van der Waals surface area contributed by atoms with E-state index in [1.54, 1.807) is 60.8 Å². The number of benzene rings is 2. The molecule has 43 heavy (non-hydrogen) atoms. The van der Waals surface area contributed by atoms with Crippen molar-refractivity contribution in [2.24, 2.45) is 0 Å². The highest BCUT2D eigenvalue weighted by atomic mass is 16.5. The highest BCUT2D eigenvalue weighted by molar-refractivity contribution is 6.04.